The number of allylic oxidation sites excluding steroid dienone is 1. The van der Waals surface area contributed by atoms with Crippen molar-refractivity contribution >= 4 is 33.6 Å². The maximum Gasteiger partial charge on any atom is 0.257 e. The number of nitrogens with zero attached hydrogens (tertiary/aromatic N) is 1. The quantitative estimate of drug-likeness (QED) is 0.488. The molecule has 1 unspecified atom stereocenters. The Kier molecular flexibility index (Phi) is 8.06. The van der Waals surface area contributed by atoms with E-state index in [1.54, 1.807) is 43.3 Å². The molecule has 0 heterocycles. The Hall–Kier alpha value is -3.26. The number of sulfonamides is 1. The minimum Gasteiger partial charge on any atom is -0.309 e. The third kappa shape index (κ3) is 6.12. The summed E-state index contributed by atoms with van der Waals surface area (Å²) >= 11 is 0. The first-order chi connectivity index (χ1) is 14.3. The largest absolute Gasteiger partial charge is 0.309 e. The third-order valence-electron chi connectivity index (χ3n) is 4.22. The van der Waals surface area contributed by atoms with Crippen LogP contribution in [-0.2, 0) is 19.6 Å². The molecule has 2 aromatic rings. The Morgan fingerprint density at radius 3 is 2.37 bits per heavy atom. The molecule has 2 rings (SSSR count). The van der Waals surface area contributed by atoms with Gasteiger partial charge in [0, 0.05) is 6.54 Å². The van der Waals surface area contributed by atoms with Crippen molar-refractivity contribution in [1.82, 2.24) is 4.72 Å². The van der Waals surface area contributed by atoms with Crippen molar-refractivity contribution in [2.75, 3.05) is 11.4 Å². The van der Waals surface area contributed by atoms with Crippen LogP contribution >= 0.6 is 0 Å². The lowest BCUT2D eigenvalue weighted by molar-refractivity contribution is -0.132. The number of anilines is 1. The minimum absolute atomic E-state index is 0.0127. The lowest BCUT2D eigenvalue weighted by atomic mass is 10.0. The van der Waals surface area contributed by atoms with Crippen molar-refractivity contribution in [2.45, 2.75) is 13.3 Å². The number of hydrogen-bond acceptors (Lipinski definition) is 4. The highest BCUT2D eigenvalue weighted by molar-refractivity contribution is 7.93. The lowest BCUT2D eigenvalue weighted by Gasteiger charge is -2.25. The molecule has 0 aliphatic carbocycles. The number of carbonyl (C=O) groups excluding carboxylic acids is 2. The lowest BCUT2D eigenvalue weighted by Crippen LogP contribution is -2.45. The van der Waals surface area contributed by atoms with Crippen LogP contribution in [0.15, 0.2) is 72.7 Å². The van der Waals surface area contributed by atoms with Gasteiger partial charge in [-0.05, 0) is 37.1 Å². The standard InChI is InChI=1S/C22H23FN2O4S/c1-3-10-18(22(27)25(4-2)20-14-9-8-13-19(20)23)21(26)24-30(28,29)16-15-17-11-6-5-7-12-17/h3,5-9,11-16,18H,1,4,10H2,2H3,(H,24,26). The Morgan fingerprint density at radius 1 is 1.13 bits per heavy atom. The van der Waals surface area contributed by atoms with E-state index in [2.05, 4.69) is 6.58 Å². The summed E-state index contributed by atoms with van der Waals surface area (Å²) in [5.74, 6) is -3.72. The van der Waals surface area contributed by atoms with Gasteiger partial charge in [-0.3, -0.25) is 9.59 Å². The van der Waals surface area contributed by atoms with Crippen molar-refractivity contribution in [3.05, 3.63) is 84.0 Å². The number of rotatable bonds is 9. The topological polar surface area (TPSA) is 83.5 Å². The van der Waals surface area contributed by atoms with Gasteiger partial charge < -0.3 is 4.90 Å². The molecule has 2 aromatic carbocycles. The summed E-state index contributed by atoms with van der Waals surface area (Å²) < 4.78 is 40.6. The van der Waals surface area contributed by atoms with Crippen molar-refractivity contribution in [2.24, 2.45) is 5.92 Å². The summed E-state index contributed by atoms with van der Waals surface area (Å²) in [4.78, 5) is 26.7. The van der Waals surface area contributed by atoms with Gasteiger partial charge >= 0.3 is 0 Å². The first-order valence-electron chi connectivity index (χ1n) is 9.25. The fourth-order valence-electron chi connectivity index (χ4n) is 2.77. The van der Waals surface area contributed by atoms with Crippen molar-refractivity contribution < 1.29 is 22.4 Å². The molecular weight excluding hydrogens is 407 g/mol. The highest BCUT2D eigenvalue weighted by Gasteiger charge is 2.32. The fraction of sp³-hybridized carbons (Fsp3) is 0.182. The van der Waals surface area contributed by atoms with E-state index in [1.807, 2.05) is 4.72 Å². The van der Waals surface area contributed by atoms with Gasteiger partial charge in [0.25, 0.3) is 10.0 Å². The van der Waals surface area contributed by atoms with Crippen molar-refractivity contribution in [3.63, 3.8) is 0 Å². The average Bonchev–Trinajstić information content (AvgIpc) is 2.72. The van der Waals surface area contributed by atoms with Crippen molar-refractivity contribution in [1.29, 1.82) is 0 Å². The van der Waals surface area contributed by atoms with Crippen LogP contribution < -0.4 is 9.62 Å². The Labute approximate surface area is 175 Å². The molecule has 0 fully saturated rings. The van der Waals surface area contributed by atoms with Crippen LogP contribution in [0.25, 0.3) is 6.08 Å². The van der Waals surface area contributed by atoms with Crippen molar-refractivity contribution in [3.8, 4) is 0 Å². The summed E-state index contributed by atoms with van der Waals surface area (Å²) in [6, 6.07) is 14.3. The third-order valence-corrected chi connectivity index (χ3v) is 5.20. The Balaban J connectivity index is 2.22. The number of amides is 2. The molecule has 8 heteroatoms. The van der Waals surface area contributed by atoms with Gasteiger partial charge in [0.05, 0.1) is 11.1 Å². The number of halogens is 1. The number of benzene rings is 2. The molecule has 158 valence electrons. The normalized spacial score (nSPS) is 12.3. The monoisotopic (exact) mass is 430 g/mol. The zero-order chi connectivity index (χ0) is 22.1. The van der Waals surface area contributed by atoms with Crippen LogP contribution in [0, 0.1) is 11.7 Å². The minimum atomic E-state index is -4.14. The maximum atomic E-state index is 14.2. The number of hydrogen-bond donors (Lipinski definition) is 1. The van der Waals surface area contributed by atoms with Gasteiger partial charge in [-0.1, -0.05) is 48.5 Å². The smallest absolute Gasteiger partial charge is 0.257 e. The molecule has 0 saturated heterocycles. The fourth-order valence-corrected chi connectivity index (χ4v) is 3.59. The number of para-hydroxylation sites is 1. The Morgan fingerprint density at radius 2 is 1.77 bits per heavy atom. The zero-order valence-electron chi connectivity index (χ0n) is 16.5. The van der Waals surface area contributed by atoms with E-state index in [0.717, 1.165) is 10.3 Å². The molecule has 0 radical (unpaired) electrons. The molecule has 6 nitrogen and oxygen atoms in total. The number of nitrogens with one attached hydrogen (secondary N) is 1. The van der Waals surface area contributed by atoms with E-state index in [1.165, 1.54) is 30.4 Å². The molecule has 0 aromatic heterocycles. The van der Waals surface area contributed by atoms with Gasteiger partial charge in [0.2, 0.25) is 11.8 Å². The molecule has 30 heavy (non-hydrogen) atoms. The number of carbonyl (C=O) groups is 2. The van der Waals surface area contributed by atoms with Crippen LogP contribution in [-0.4, -0.2) is 26.8 Å². The molecular formula is C22H23FN2O4S. The van der Waals surface area contributed by atoms with E-state index < -0.39 is 33.6 Å². The van der Waals surface area contributed by atoms with Crippen LogP contribution in [0.2, 0.25) is 0 Å². The highest BCUT2D eigenvalue weighted by Crippen LogP contribution is 2.22. The molecule has 0 aliphatic heterocycles. The summed E-state index contributed by atoms with van der Waals surface area (Å²) in [6.45, 7) is 5.26. The van der Waals surface area contributed by atoms with Crippen LogP contribution in [0.5, 0.6) is 0 Å². The second kappa shape index (κ2) is 10.5. The van der Waals surface area contributed by atoms with Gasteiger partial charge in [-0.2, -0.15) is 0 Å². The molecule has 2 amide bonds. The molecule has 0 spiro atoms. The zero-order valence-corrected chi connectivity index (χ0v) is 17.3. The van der Waals surface area contributed by atoms with Crippen LogP contribution in [0.3, 0.4) is 0 Å². The second-order valence-corrected chi connectivity index (χ2v) is 7.90. The van der Waals surface area contributed by atoms with Gasteiger partial charge in [-0.15, -0.1) is 6.58 Å². The first-order valence-corrected chi connectivity index (χ1v) is 10.8. The summed E-state index contributed by atoms with van der Waals surface area (Å²) in [5.41, 5.74) is 0.643. The van der Waals surface area contributed by atoms with Crippen LogP contribution in [0.4, 0.5) is 10.1 Å². The highest BCUT2D eigenvalue weighted by atomic mass is 32.2. The van der Waals surface area contributed by atoms with Gasteiger partial charge in [0.15, 0.2) is 0 Å². The van der Waals surface area contributed by atoms with E-state index >= 15 is 0 Å². The first kappa shape index (κ1) is 23.0. The SMILES string of the molecule is C=CCC(C(=O)NS(=O)(=O)C=Cc1ccccc1)C(=O)N(CC)c1ccccc1F. The average molecular weight is 431 g/mol. The predicted octanol–water partition coefficient (Wildman–Crippen LogP) is 3.49. The molecule has 0 bridgehead atoms. The second-order valence-electron chi connectivity index (χ2n) is 6.34. The van der Waals surface area contributed by atoms with Gasteiger partial charge in [-0.25, -0.2) is 17.5 Å². The Bertz CT molecular complexity index is 1040. The van der Waals surface area contributed by atoms with E-state index in [0.29, 0.717) is 5.56 Å². The van der Waals surface area contributed by atoms with Crippen LogP contribution in [0.1, 0.15) is 18.9 Å². The van der Waals surface area contributed by atoms with E-state index in [4.69, 9.17) is 0 Å². The molecule has 0 saturated carbocycles. The molecule has 1 N–H and O–H groups in total. The van der Waals surface area contributed by atoms with Gasteiger partial charge in [0.1, 0.15) is 11.7 Å². The predicted molar refractivity (Wildman–Crippen MR) is 115 cm³/mol. The summed E-state index contributed by atoms with van der Waals surface area (Å²) in [7, 11) is -4.14. The molecule has 0 aliphatic rings. The summed E-state index contributed by atoms with van der Waals surface area (Å²) in [5, 5.41) is 0.851. The summed E-state index contributed by atoms with van der Waals surface area (Å²) in [6.07, 6.45) is 2.56. The van der Waals surface area contributed by atoms with E-state index in [-0.39, 0.29) is 18.7 Å². The molecule has 1 atom stereocenters. The maximum absolute atomic E-state index is 14.2. The van der Waals surface area contributed by atoms with E-state index in [9.17, 15) is 22.4 Å².